The lowest BCUT2D eigenvalue weighted by Crippen LogP contribution is -2.30. The van der Waals surface area contributed by atoms with Crippen LogP contribution in [0.3, 0.4) is 0 Å². The summed E-state index contributed by atoms with van der Waals surface area (Å²) in [5.41, 5.74) is 3.25. The van der Waals surface area contributed by atoms with Crippen molar-refractivity contribution in [2.24, 2.45) is 0 Å². The Morgan fingerprint density at radius 1 is 1.11 bits per heavy atom. The van der Waals surface area contributed by atoms with Crippen LogP contribution in [0.1, 0.15) is 30.5 Å². The van der Waals surface area contributed by atoms with Crippen LogP contribution in [0.25, 0.3) is 6.08 Å². The molecule has 1 aliphatic heterocycles. The monoisotopic (exact) mass is 604 g/mol. The first-order valence-corrected chi connectivity index (χ1v) is 13.3. The smallest absolute Gasteiger partial charge is 0.260 e. The molecule has 3 aromatic rings. The Morgan fingerprint density at radius 3 is 2.60 bits per heavy atom. The van der Waals surface area contributed by atoms with Crippen LogP contribution in [0.15, 0.2) is 65.6 Å². The summed E-state index contributed by atoms with van der Waals surface area (Å²) in [7, 11) is 0. The summed E-state index contributed by atoms with van der Waals surface area (Å²) in [6, 6.07) is 18.5. The van der Waals surface area contributed by atoms with Gasteiger partial charge in [-0.15, -0.1) is 0 Å². The van der Waals surface area contributed by atoms with E-state index in [4.69, 9.17) is 9.47 Å². The van der Waals surface area contributed by atoms with E-state index < -0.39 is 0 Å². The maximum Gasteiger partial charge on any atom is 0.260 e. The van der Waals surface area contributed by atoms with Gasteiger partial charge in [0.2, 0.25) is 0 Å². The Morgan fingerprint density at radius 2 is 1.89 bits per heavy atom. The minimum atomic E-state index is -0.310. The summed E-state index contributed by atoms with van der Waals surface area (Å²) in [6.45, 7) is 4.55. The average Bonchev–Trinajstić information content (AvgIpc) is 3.18. The number of rotatable bonds is 9. The zero-order chi connectivity index (χ0) is 24.8. The zero-order valence-electron chi connectivity index (χ0n) is 19.4. The fourth-order valence-electron chi connectivity index (χ4n) is 3.54. The van der Waals surface area contributed by atoms with Gasteiger partial charge in [0, 0.05) is 11.3 Å². The van der Waals surface area contributed by atoms with E-state index in [-0.39, 0.29) is 23.8 Å². The lowest BCUT2D eigenvalue weighted by molar-refractivity contribution is -0.116. The van der Waals surface area contributed by atoms with E-state index in [0.29, 0.717) is 28.6 Å². The van der Waals surface area contributed by atoms with Gasteiger partial charge in [-0.25, -0.2) is 4.39 Å². The number of hydrogen-bond donors (Lipinski definition) is 2. The van der Waals surface area contributed by atoms with Crippen molar-refractivity contribution in [3.8, 4) is 11.5 Å². The number of benzene rings is 3. The first-order valence-electron chi connectivity index (χ1n) is 11.3. The van der Waals surface area contributed by atoms with Crippen molar-refractivity contribution >= 4 is 52.0 Å². The molecule has 5 nitrogen and oxygen atoms in total. The number of carbonyl (C=O) groups excluding carboxylic acids is 1. The third-order valence-corrected chi connectivity index (χ3v) is 7.18. The molecule has 4 rings (SSSR count). The highest BCUT2D eigenvalue weighted by atomic mass is 127. The topological polar surface area (TPSA) is 59.6 Å². The Kier molecular flexibility index (Phi) is 8.56. The molecule has 0 aromatic heterocycles. The summed E-state index contributed by atoms with van der Waals surface area (Å²) in [6.07, 6.45) is 2.82. The highest BCUT2D eigenvalue weighted by molar-refractivity contribution is 14.1. The van der Waals surface area contributed by atoms with Crippen LogP contribution < -0.4 is 20.1 Å². The number of ether oxygens (including phenoxy) is 2. The van der Waals surface area contributed by atoms with Gasteiger partial charge in [0.15, 0.2) is 17.0 Å². The molecule has 1 aliphatic rings. The molecular formula is C27H26FIN2O3S. The number of carbonyl (C=O) groups is 1. The SMILES string of the molecule is CCOc1cc(/C=C2\S[C@@H](Nc3ccc(CC)cc3)NC2=O)cc(I)c1OCc1ccccc1F. The van der Waals surface area contributed by atoms with Crippen molar-refractivity contribution in [3.05, 3.63) is 91.6 Å². The summed E-state index contributed by atoms with van der Waals surface area (Å²) in [5.74, 6) is 0.661. The van der Waals surface area contributed by atoms with Crippen molar-refractivity contribution in [1.82, 2.24) is 5.32 Å². The van der Waals surface area contributed by atoms with Gasteiger partial charge in [0.25, 0.3) is 5.91 Å². The lowest BCUT2D eigenvalue weighted by Gasteiger charge is -2.15. The normalized spacial score (nSPS) is 16.3. The minimum Gasteiger partial charge on any atom is -0.490 e. The Bertz CT molecular complexity index is 1230. The maximum absolute atomic E-state index is 14.0. The fraction of sp³-hybridized carbons (Fsp3) is 0.222. The minimum absolute atomic E-state index is 0.0913. The number of aryl methyl sites for hydroxylation is 1. The Labute approximate surface area is 222 Å². The molecule has 0 aliphatic carbocycles. The van der Waals surface area contributed by atoms with E-state index in [1.807, 2.05) is 37.3 Å². The molecular weight excluding hydrogens is 578 g/mol. The van der Waals surface area contributed by atoms with E-state index in [1.165, 1.54) is 23.4 Å². The van der Waals surface area contributed by atoms with Crippen LogP contribution in [0.2, 0.25) is 0 Å². The van der Waals surface area contributed by atoms with Crippen LogP contribution in [0.5, 0.6) is 11.5 Å². The Hall–Kier alpha value is -2.72. The summed E-state index contributed by atoms with van der Waals surface area (Å²) < 4.78 is 26.6. The van der Waals surface area contributed by atoms with Crippen molar-refractivity contribution in [2.75, 3.05) is 11.9 Å². The molecule has 8 heteroatoms. The molecule has 1 amide bonds. The van der Waals surface area contributed by atoms with Crippen molar-refractivity contribution < 1.29 is 18.7 Å². The quantitative estimate of drug-likeness (QED) is 0.214. The molecule has 1 fully saturated rings. The highest BCUT2D eigenvalue weighted by Gasteiger charge is 2.27. The molecule has 1 heterocycles. The van der Waals surface area contributed by atoms with Crippen LogP contribution in [0.4, 0.5) is 10.1 Å². The number of nitrogens with one attached hydrogen (secondary N) is 2. The zero-order valence-corrected chi connectivity index (χ0v) is 22.4. The van der Waals surface area contributed by atoms with Gasteiger partial charge in [-0.1, -0.05) is 49.0 Å². The summed E-state index contributed by atoms with van der Waals surface area (Å²) >= 11 is 3.60. The van der Waals surface area contributed by atoms with Crippen molar-refractivity contribution in [3.63, 3.8) is 0 Å². The number of anilines is 1. The van der Waals surface area contributed by atoms with Gasteiger partial charge in [-0.2, -0.15) is 0 Å². The lowest BCUT2D eigenvalue weighted by atomic mass is 10.1. The standard InChI is InChI=1S/C27H26FIN2O3S/c1-3-17-9-11-20(12-10-17)30-27-31-26(32)24(35-27)15-18-13-22(29)25(23(14-18)33-4-2)34-16-19-7-5-6-8-21(19)28/h5-15,27,30H,3-4,16H2,1-2H3,(H,31,32)/b24-15-/t27-/m0/s1. The van der Waals surface area contributed by atoms with Gasteiger partial charge in [0.1, 0.15) is 12.4 Å². The van der Waals surface area contributed by atoms with Crippen LogP contribution in [0, 0.1) is 9.39 Å². The number of amides is 1. The van der Waals surface area contributed by atoms with E-state index in [1.54, 1.807) is 18.2 Å². The molecule has 0 radical (unpaired) electrons. The van der Waals surface area contributed by atoms with Crippen molar-refractivity contribution in [2.45, 2.75) is 32.4 Å². The Balaban J connectivity index is 1.50. The molecule has 2 N–H and O–H groups in total. The fourth-order valence-corrected chi connectivity index (χ4v) is 5.31. The number of hydrogen-bond acceptors (Lipinski definition) is 5. The van der Waals surface area contributed by atoms with Gasteiger partial charge in [-0.05, 0) is 83.5 Å². The highest BCUT2D eigenvalue weighted by Crippen LogP contribution is 2.37. The number of thioether (sulfide) groups is 1. The molecule has 182 valence electrons. The first-order chi connectivity index (χ1) is 17.0. The molecule has 0 unspecified atom stereocenters. The summed E-state index contributed by atoms with van der Waals surface area (Å²) in [4.78, 5) is 13.2. The van der Waals surface area contributed by atoms with E-state index in [0.717, 1.165) is 21.2 Å². The summed E-state index contributed by atoms with van der Waals surface area (Å²) in [5, 5.41) is 6.30. The second kappa shape index (κ2) is 11.8. The third kappa shape index (κ3) is 6.49. The predicted molar refractivity (Wildman–Crippen MR) is 148 cm³/mol. The van der Waals surface area contributed by atoms with Crippen LogP contribution in [-0.4, -0.2) is 18.0 Å². The van der Waals surface area contributed by atoms with Crippen molar-refractivity contribution in [1.29, 1.82) is 0 Å². The molecule has 3 aromatic carbocycles. The molecule has 0 spiro atoms. The van der Waals surface area contributed by atoms with E-state index in [9.17, 15) is 9.18 Å². The molecule has 0 bridgehead atoms. The van der Waals surface area contributed by atoms with Crippen LogP contribution in [-0.2, 0) is 17.8 Å². The average molecular weight is 604 g/mol. The van der Waals surface area contributed by atoms with Gasteiger partial charge >= 0.3 is 0 Å². The molecule has 1 atom stereocenters. The van der Waals surface area contributed by atoms with Gasteiger partial charge in [0.05, 0.1) is 15.1 Å². The first kappa shape index (κ1) is 25.4. The van der Waals surface area contributed by atoms with Crippen LogP contribution >= 0.6 is 34.4 Å². The molecule has 0 saturated carbocycles. The number of halogens is 2. The predicted octanol–water partition coefficient (Wildman–Crippen LogP) is 6.57. The maximum atomic E-state index is 14.0. The third-order valence-electron chi connectivity index (χ3n) is 5.35. The molecule has 35 heavy (non-hydrogen) atoms. The van der Waals surface area contributed by atoms with Gasteiger partial charge in [-0.3, -0.25) is 4.79 Å². The second-order valence-electron chi connectivity index (χ2n) is 7.82. The van der Waals surface area contributed by atoms with E-state index >= 15 is 0 Å². The largest absolute Gasteiger partial charge is 0.490 e. The van der Waals surface area contributed by atoms with E-state index in [2.05, 4.69) is 52.3 Å². The van der Waals surface area contributed by atoms with Gasteiger partial charge < -0.3 is 20.1 Å². The second-order valence-corrected chi connectivity index (χ2v) is 10.1. The molecule has 1 saturated heterocycles.